The molecule has 0 bridgehead atoms. The van der Waals surface area contributed by atoms with Crippen LogP contribution in [0.25, 0.3) is 0 Å². The van der Waals surface area contributed by atoms with Crippen molar-refractivity contribution >= 4 is 11.9 Å². The Labute approximate surface area is 99.7 Å². The van der Waals surface area contributed by atoms with E-state index in [-0.39, 0.29) is 24.8 Å². The van der Waals surface area contributed by atoms with Gasteiger partial charge in [0.1, 0.15) is 6.04 Å². The molecule has 1 aliphatic carbocycles. The number of amides is 1. The van der Waals surface area contributed by atoms with E-state index in [1.54, 1.807) is 0 Å². The first kappa shape index (κ1) is 12.1. The van der Waals surface area contributed by atoms with E-state index in [1.807, 2.05) is 12.2 Å². The van der Waals surface area contributed by atoms with Crippen molar-refractivity contribution in [3.63, 3.8) is 0 Å². The van der Waals surface area contributed by atoms with E-state index in [0.717, 1.165) is 12.8 Å². The number of hydrogen-bond donors (Lipinski definition) is 2. The molecule has 1 fully saturated rings. The fraction of sp³-hybridized carbons (Fsp3) is 0.667. The number of aliphatic hydroxyl groups excluding tert-OH is 1. The predicted octanol–water partition coefficient (Wildman–Crippen LogP) is 0.389. The zero-order valence-electron chi connectivity index (χ0n) is 9.58. The van der Waals surface area contributed by atoms with Gasteiger partial charge in [-0.1, -0.05) is 12.2 Å². The maximum atomic E-state index is 12.2. The Bertz CT molecular complexity index is 352. The van der Waals surface area contributed by atoms with Gasteiger partial charge in [-0.05, 0) is 19.3 Å². The molecule has 1 saturated heterocycles. The van der Waals surface area contributed by atoms with E-state index in [0.29, 0.717) is 6.42 Å². The minimum absolute atomic E-state index is 0.118. The van der Waals surface area contributed by atoms with Crippen LogP contribution in [0.5, 0.6) is 0 Å². The van der Waals surface area contributed by atoms with Crippen LogP contribution in [0.15, 0.2) is 12.2 Å². The molecule has 5 nitrogen and oxygen atoms in total. The zero-order chi connectivity index (χ0) is 12.4. The first-order valence-corrected chi connectivity index (χ1v) is 5.96. The second-order valence-electron chi connectivity index (χ2n) is 4.72. The van der Waals surface area contributed by atoms with Crippen molar-refractivity contribution in [2.75, 3.05) is 6.54 Å². The Hall–Kier alpha value is -1.36. The molecule has 2 N–H and O–H groups in total. The van der Waals surface area contributed by atoms with Crippen molar-refractivity contribution in [3.05, 3.63) is 12.2 Å². The Morgan fingerprint density at radius 1 is 1.29 bits per heavy atom. The number of carbonyl (C=O) groups excluding carboxylic acids is 1. The first-order chi connectivity index (χ1) is 8.09. The molecular formula is C12H17NO4. The lowest BCUT2D eigenvalue weighted by Gasteiger charge is -2.27. The van der Waals surface area contributed by atoms with Crippen LogP contribution in [-0.4, -0.2) is 45.7 Å². The van der Waals surface area contributed by atoms with Crippen molar-refractivity contribution < 1.29 is 19.8 Å². The number of carboxylic acids is 1. The number of aliphatic hydroxyl groups is 1. The summed E-state index contributed by atoms with van der Waals surface area (Å²) < 4.78 is 0. The molecule has 0 aromatic carbocycles. The van der Waals surface area contributed by atoms with Crippen LogP contribution >= 0.6 is 0 Å². The van der Waals surface area contributed by atoms with Crippen molar-refractivity contribution in [2.24, 2.45) is 5.92 Å². The summed E-state index contributed by atoms with van der Waals surface area (Å²) in [5.41, 5.74) is 0. The molecule has 5 heteroatoms. The number of aliphatic carboxylic acids is 1. The highest BCUT2D eigenvalue weighted by atomic mass is 16.4. The number of nitrogens with zero attached hydrogens (tertiary/aromatic N) is 1. The van der Waals surface area contributed by atoms with Crippen LogP contribution in [-0.2, 0) is 9.59 Å². The summed E-state index contributed by atoms with van der Waals surface area (Å²) in [4.78, 5) is 24.5. The van der Waals surface area contributed by atoms with Crippen LogP contribution in [0.3, 0.4) is 0 Å². The van der Waals surface area contributed by atoms with Gasteiger partial charge in [0, 0.05) is 18.9 Å². The molecule has 94 valence electrons. The number of hydrogen-bond acceptors (Lipinski definition) is 3. The topological polar surface area (TPSA) is 77.8 Å². The fourth-order valence-electron chi connectivity index (χ4n) is 2.54. The molecule has 0 radical (unpaired) electrons. The normalized spacial score (nSPS) is 32.8. The molecule has 17 heavy (non-hydrogen) atoms. The molecular weight excluding hydrogens is 222 g/mol. The molecule has 0 aromatic rings. The monoisotopic (exact) mass is 239 g/mol. The molecule has 1 aliphatic heterocycles. The highest BCUT2D eigenvalue weighted by Crippen LogP contribution is 2.26. The van der Waals surface area contributed by atoms with Crippen LogP contribution in [0, 0.1) is 5.92 Å². The lowest BCUT2D eigenvalue weighted by Crippen LogP contribution is -2.43. The van der Waals surface area contributed by atoms with E-state index in [1.165, 1.54) is 4.90 Å². The number of likely N-dealkylation sites (tertiary alicyclic amines) is 1. The SMILES string of the molecule is O=C(O)C1CC(O)CN1C(=O)C1CC=CCC1. The summed E-state index contributed by atoms with van der Waals surface area (Å²) in [7, 11) is 0. The van der Waals surface area contributed by atoms with E-state index >= 15 is 0 Å². The molecule has 0 spiro atoms. The van der Waals surface area contributed by atoms with Crippen LogP contribution in [0.1, 0.15) is 25.7 Å². The van der Waals surface area contributed by atoms with Gasteiger partial charge < -0.3 is 15.1 Å². The third kappa shape index (κ3) is 2.49. The van der Waals surface area contributed by atoms with Gasteiger partial charge in [0.25, 0.3) is 0 Å². The molecule has 3 unspecified atom stereocenters. The maximum Gasteiger partial charge on any atom is 0.326 e. The van der Waals surface area contributed by atoms with Gasteiger partial charge in [-0.15, -0.1) is 0 Å². The summed E-state index contributed by atoms with van der Waals surface area (Å²) in [6.07, 6.45) is 5.76. The predicted molar refractivity (Wildman–Crippen MR) is 60.2 cm³/mol. The molecule has 2 rings (SSSR count). The van der Waals surface area contributed by atoms with Gasteiger partial charge in [0.05, 0.1) is 6.10 Å². The smallest absolute Gasteiger partial charge is 0.326 e. The highest BCUT2D eigenvalue weighted by molar-refractivity contribution is 5.86. The minimum atomic E-state index is -1.03. The summed E-state index contributed by atoms with van der Waals surface area (Å²) in [5.74, 6) is -1.27. The summed E-state index contributed by atoms with van der Waals surface area (Å²) in [6, 6.07) is -0.858. The van der Waals surface area contributed by atoms with Gasteiger partial charge in [0.2, 0.25) is 5.91 Å². The third-order valence-corrected chi connectivity index (χ3v) is 3.47. The van der Waals surface area contributed by atoms with Gasteiger partial charge in [-0.3, -0.25) is 4.79 Å². The second-order valence-corrected chi connectivity index (χ2v) is 4.72. The van der Waals surface area contributed by atoms with E-state index in [9.17, 15) is 14.7 Å². The van der Waals surface area contributed by atoms with Crippen molar-refractivity contribution in [1.82, 2.24) is 4.90 Å². The lowest BCUT2D eigenvalue weighted by atomic mass is 9.93. The van der Waals surface area contributed by atoms with Crippen molar-refractivity contribution in [1.29, 1.82) is 0 Å². The number of carboxylic acid groups (broad SMARTS) is 1. The Balaban J connectivity index is 2.07. The van der Waals surface area contributed by atoms with E-state index < -0.39 is 18.1 Å². The third-order valence-electron chi connectivity index (χ3n) is 3.47. The molecule has 1 heterocycles. The van der Waals surface area contributed by atoms with E-state index in [4.69, 9.17) is 5.11 Å². The molecule has 0 aromatic heterocycles. The van der Waals surface area contributed by atoms with Gasteiger partial charge in [-0.25, -0.2) is 4.79 Å². The molecule has 2 aliphatic rings. The number of allylic oxidation sites excluding steroid dienone is 2. The average Bonchev–Trinajstić information content (AvgIpc) is 2.72. The van der Waals surface area contributed by atoms with Crippen molar-refractivity contribution in [3.8, 4) is 0 Å². The Morgan fingerprint density at radius 2 is 2.06 bits per heavy atom. The summed E-state index contributed by atoms with van der Waals surface area (Å²) in [5, 5.41) is 18.5. The second kappa shape index (κ2) is 4.87. The van der Waals surface area contributed by atoms with Crippen LogP contribution in [0.4, 0.5) is 0 Å². The standard InChI is InChI=1S/C12H17NO4/c14-9-6-10(12(16)17)13(7-9)11(15)8-4-2-1-3-5-8/h1-2,8-10,14H,3-7H2,(H,16,17). The van der Waals surface area contributed by atoms with Crippen molar-refractivity contribution in [2.45, 2.75) is 37.8 Å². The molecule has 3 atom stereocenters. The van der Waals surface area contributed by atoms with Gasteiger partial charge in [-0.2, -0.15) is 0 Å². The Morgan fingerprint density at radius 3 is 2.65 bits per heavy atom. The Kier molecular flexibility index (Phi) is 3.47. The number of carbonyl (C=O) groups is 2. The lowest BCUT2D eigenvalue weighted by molar-refractivity contribution is -0.150. The largest absolute Gasteiger partial charge is 0.480 e. The minimum Gasteiger partial charge on any atom is -0.480 e. The quantitative estimate of drug-likeness (QED) is 0.683. The van der Waals surface area contributed by atoms with Gasteiger partial charge >= 0.3 is 5.97 Å². The molecule has 1 amide bonds. The summed E-state index contributed by atoms with van der Waals surface area (Å²) in [6.45, 7) is 0.149. The first-order valence-electron chi connectivity index (χ1n) is 5.96. The number of β-amino-alcohol motifs (C(OH)–C–C–N with tert-alkyl or cyclic N) is 1. The average molecular weight is 239 g/mol. The fourth-order valence-corrected chi connectivity index (χ4v) is 2.54. The van der Waals surface area contributed by atoms with Crippen LogP contribution in [0.2, 0.25) is 0 Å². The highest BCUT2D eigenvalue weighted by Gasteiger charge is 2.40. The van der Waals surface area contributed by atoms with E-state index in [2.05, 4.69) is 0 Å². The number of rotatable bonds is 2. The van der Waals surface area contributed by atoms with Gasteiger partial charge in [0.15, 0.2) is 0 Å². The summed E-state index contributed by atoms with van der Waals surface area (Å²) >= 11 is 0. The maximum absolute atomic E-state index is 12.2. The van der Waals surface area contributed by atoms with Crippen LogP contribution < -0.4 is 0 Å². The molecule has 0 saturated carbocycles. The zero-order valence-corrected chi connectivity index (χ0v) is 9.58.